The number of carbonyl (C=O) groups excluding carboxylic acids is 1. The van der Waals surface area contributed by atoms with Crippen LogP contribution in [0.1, 0.15) is 41.6 Å². The van der Waals surface area contributed by atoms with E-state index in [1.807, 2.05) is 13.0 Å². The van der Waals surface area contributed by atoms with Gasteiger partial charge in [-0.3, -0.25) is 4.79 Å². The minimum Gasteiger partial charge on any atom is -0.349 e. The van der Waals surface area contributed by atoms with Crippen molar-refractivity contribution in [1.82, 2.24) is 5.32 Å². The zero-order valence-corrected chi connectivity index (χ0v) is 13.2. The van der Waals surface area contributed by atoms with E-state index >= 15 is 0 Å². The third-order valence-electron chi connectivity index (χ3n) is 3.83. The van der Waals surface area contributed by atoms with E-state index in [0.29, 0.717) is 18.4 Å². The minimum atomic E-state index is -4.11. The van der Waals surface area contributed by atoms with Crippen molar-refractivity contribution in [1.29, 1.82) is 0 Å². The minimum absolute atomic E-state index is 0.0892. The van der Waals surface area contributed by atoms with Gasteiger partial charge in [0.15, 0.2) is 0 Å². The number of hydrogen-bond acceptors (Lipinski definition) is 1. The highest BCUT2D eigenvalue weighted by atomic mass is 79.9. The van der Waals surface area contributed by atoms with Crippen molar-refractivity contribution in [3.8, 4) is 0 Å². The highest BCUT2D eigenvalue weighted by Gasteiger charge is 2.41. The van der Waals surface area contributed by atoms with Crippen LogP contribution in [0.25, 0.3) is 0 Å². The lowest BCUT2D eigenvalue weighted by molar-refractivity contribution is -0.182. The Morgan fingerprint density at radius 3 is 2.33 bits per heavy atom. The first kappa shape index (κ1) is 16.3. The van der Waals surface area contributed by atoms with E-state index in [9.17, 15) is 18.0 Å². The summed E-state index contributed by atoms with van der Waals surface area (Å²) in [4.78, 5) is 12.1. The molecular weight excluding hydrogens is 347 g/mol. The highest BCUT2D eigenvalue weighted by Crippen LogP contribution is 2.37. The zero-order valence-electron chi connectivity index (χ0n) is 11.6. The molecule has 1 N–H and O–H groups in total. The van der Waals surface area contributed by atoms with Crippen molar-refractivity contribution in [2.45, 2.75) is 44.8 Å². The van der Waals surface area contributed by atoms with E-state index in [-0.39, 0.29) is 24.8 Å². The Labute approximate surface area is 130 Å². The van der Waals surface area contributed by atoms with Gasteiger partial charge in [0.05, 0.1) is 5.92 Å². The summed E-state index contributed by atoms with van der Waals surface area (Å²) in [5.41, 5.74) is 1.48. The number of alkyl halides is 3. The molecule has 0 atom stereocenters. The van der Waals surface area contributed by atoms with Crippen LogP contribution in [-0.2, 0) is 0 Å². The number of carbonyl (C=O) groups is 1. The SMILES string of the molecule is Cc1cc(Br)cc(C(=O)NC2CCC(C(F)(F)F)CC2)c1. The van der Waals surface area contributed by atoms with Gasteiger partial charge in [0.1, 0.15) is 0 Å². The summed E-state index contributed by atoms with van der Waals surface area (Å²) in [5.74, 6) is -1.45. The fourth-order valence-electron chi connectivity index (χ4n) is 2.70. The maximum atomic E-state index is 12.6. The van der Waals surface area contributed by atoms with Gasteiger partial charge in [0.2, 0.25) is 0 Å². The molecule has 1 aromatic carbocycles. The molecule has 0 aliphatic heterocycles. The van der Waals surface area contributed by atoms with Gasteiger partial charge in [0.25, 0.3) is 5.91 Å². The molecule has 0 heterocycles. The highest BCUT2D eigenvalue weighted by molar-refractivity contribution is 9.10. The van der Waals surface area contributed by atoms with Crippen molar-refractivity contribution in [3.05, 3.63) is 33.8 Å². The third-order valence-corrected chi connectivity index (χ3v) is 4.29. The smallest absolute Gasteiger partial charge is 0.349 e. The van der Waals surface area contributed by atoms with E-state index in [0.717, 1.165) is 10.0 Å². The standard InChI is InChI=1S/C15H17BrF3NO/c1-9-6-10(8-12(16)7-9)14(21)20-13-4-2-11(3-5-13)15(17,18)19/h6-8,11,13H,2-5H2,1H3,(H,20,21). The lowest BCUT2D eigenvalue weighted by atomic mass is 9.85. The van der Waals surface area contributed by atoms with Crippen LogP contribution in [0.3, 0.4) is 0 Å². The number of hydrogen-bond donors (Lipinski definition) is 1. The van der Waals surface area contributed by atoms with Crippen molar-refractivity contribution in [2.24, 2.45) is 5.92 Å². The second kappa shape index (κ2) is 6.38. The van der Waals surface area contributed by atoms with Crippen LogP contribution in [0.2, 0.25) is 0 Å². The maximum absolute atomic E-state index is 12.6. The topological polar surface area (TPSA) is 29.1 Å². The number of amides is 1. The van der Waals surface area contributed by atoms with Gasteiger partial charge in [-0.25, -0.2) is 0 Å². The third kappa shape index (κ3) is 4.46. The average Bonchev–Trinajstić information content (AvgIpc) is 2.37. The molecule has 1 saturated carbocycles. The Kier molecular flexibility index (Phi) is 4.96. The molecule has 0 aromatic heterocycles. The Morgan fingerprint density at radius 2 is 1.81 bits per heavy atom. The molecule has 0 saturated heterocycles. The van der Waals surface area contributed by atoms with E-state index in [2.05, 4.69) is 21.2 Å². The van der Waals surface area contributed by atoms with Gasteiger partial charge in [-0.05, 0) is 56.4 Å². The van der Waals surface area contributed by atoms with Crippen molar-refractivity contribution in [2.75, 3.05) is 0 Å². The summed E-state index contributed by atoms with van der Waals surface area (Å²) in [7, 11) is 0. The second-order valence-corrected chi connectivity index (χ2v) is 6.50. The maximum Gasteiger partial charge on any atom is 0.391 e. The quantitative estimate of drug-likeness (QED) is 0.816. The predicted octanol–water partition coefficient (Wildman–Crippen LogP) is 4.61. The summed E-state index contributed by atoms with van der Waals surface area (Å²) in [6.45, 7) is 1.88. The van der Waals surface area contributed by atoms with Crippen molar-refractivity contribution < 1.29 is 18.0 Å². The molecule has 1 fully saturated rings. The molecule has 116 valence electrons. The summed E-state index contributed by atoms with van der Waals surface area (Å²) in [6.07, 6.45) is -3.18. The molecule has 6 heteroatoms. The largest absolute Gasteiger partial charge is 0.391 e. The molecule has 1 aliphatic carbocycles. The van der Waals surface area contributed by atoms with Crippen LogP contribution in [-0.4, -0.2) is 18.1 Å². The van der Waals surface area contributed by atoms with Crippen LogP contribution in [0, 0.1) is 12.8 Å². The van der Waals surface area contributed by atoms with Gasteiger partial charge in [0, 0.05) is 16.1 Å². The summed E-state index contributed by atoms with van der Waals surface area (Å²) in [6, 6.07) is 5.20. The van der Waals surface area contributed by atoms with Crippen LogP contribution < -0.4 is 5.32 Å². The van der Waals surface area contributed by atoms with Gasteiger partial charge >= 0.3 is 6.18 Å². The monoisotopic (exact) mass is 363 g/mol. The predicted molar refractivity (Wildman–Crippen MR) is 78.1 cm³/mol. The van der Waals surface area contributed by atoms with E-state index in [4.69, 9.17) is 0 Å². The molecular formula is C15H17BrF3NO. The average molecular weight is 364 g/mol. The molecule has 1 aliphatic rings. The van der Waals surface area contributed by atoms with Crippen molar-refractivity contribution in [3.63, 3.8) is 0 Å². The first-order valence-electron chi connectivity index (χ1n) is 6.90. The van der Waals surface area contributed by atoms with Gasteiger partial charge in [-0.15, -0.1) is 0 Å². The summed E-state index contributed by atoms with van der Waals surface area (Å²) in [5, 5.41) is 2.83. The number of halogens is 4. The van der Waals surface area contributed by atoms with Gasteiger partial charge in [-0.1, -0.05) is 15.9 Å². The lowest BCUT2D eigenvalue weighted by Gasteiger charge is -2.30. The van der Waals surface area contributed by atoms with Crippen LogP contribution in [0.15, 0.2) is 22.7 Å². The molecule has 2 nitrogen and oxygen atoms in total. The van der Waals surface area contributed by atoms with Gasteiger partial charge < -0.3 is 5.32 Å². The number of benzene rings is 1. The molecule has 0 radical (unpaired) electrons. The molecule has 1 aromatic rings. The van der Waals surface area contributed by atoms with E-state index in [1.54, 1.807) is 12.1 Å². The van der Waals surface area contributed by atoms with Gasteiger partial charge in [-0.2, -0.15) is 13.2 Å². The Bertz CT molecular complexity index is 502. The molecule has 1 amide bonds. The van der Waals surface area contributed by atoms with Crippen molar-refractivity contribution >= 4 is 21.8 Å². The molecule has 0 spiro atoms. The van der Waals surface area contributed by atoms with Crippen LogP contribution in [0.4, 0.5) is 13.2 Å². The second-order valence-electron chi connectivity index (χ2n) is 5.58. The number of rotatable bonds is 2. The zero-order chi connectivity index (χ0) is 15.6. The fourth-order valence-corrected chi connectivity index (χ4v) is 3.31. The Balaban J connectivity index is 1.93. The first-order chi connectivity index (χ1) is 9.75. The normalized spacial score (nSPS) is 22.9. The molecule has 0 bridgehead atoms. The van der Waals surface area contributed by atoms with E-state index in [1.165, 1.54) is 0 Å². The number of nitrogens with one attached hydrogen (secondary N) is 1. The molecule has 0 unspecified atom stereocenters. The Morgan fingerprint density at radius 1 is 1.19 bits per heavy atom. The number of aryl methyl sites for hydroxylation is 1. The summed E-state index contributed by atoms with van der Waals surface area (Å²) >= 11 is 3.33. The van der Waals surface area contributed by atoms with Crippen LogP contribution >= 0.6 is 15.9 Å². The fraction of sp³-hybridized carbons (Fsp3) is 0.533. The van der Waals surface area contributed by atoms with E-state index < -0.39 is 12.1 Å². The van der Waals surface area contributed by atoms with Crippen LogP contribution in [0.5, 0.6) is 0 Å². The Hall–Kier alpha value is -1.04. The summed E-state index contributed by atoms with van der Waals surface area (Å²) < 4.78 is 38.6. The molecule has 21 heavy (non-hydrogen) atoms. The molecule has 2 rings (SSSR count). The lowest BCUT2D eigenvalue weighted by Crippen LogP contribution is -2.40. The first-order valence-corrected chi connectivity index (χ1v) is 7.70.